The monoisotopic (exact) mass is 405 g/mol. The van der Waals surface area contributed by atoms with Crippen molar-refractivity contribution in [1.82, 2.24) is 14.7 Å². The van der Waals surface area contributed by atoms with Crippen molar-refractivity contribution in [3.63, 3.8) is 0 Å². The number of rotatable bonds is 4. The lowest BCUT2D eigenvalue weighted by atomic mass is 10.0. The molecule has 0 saturated heterocycles. The molecule has 8 nitrogen and oxygen atoms in total. The summed E-state index contributed by atoms with van der Waals surface area (Å²) in [7, 11) is 3.38. The van der Waals surface area contributed by atoms with E-state index in [-0.39, 0.29) is 11.9 Å². The largest absolute Gasteiger partial charge is 0.495 e. The maximum atomic E-state index is 12.9. The highest BCUT2D eigenvalue weighted by Crippen LogP contribution is 2.26. The number of nitrogens with one attached hydrogen (secondary N) is 2. The normalized spacial score (nSPS) is 12.8. The maximum Gasteiger partial charge on any atom is 0.322 e. The summed E-state index contributed by atoms with van der Waals surface area (Å²) in [6.07, 6.45) is 0.622. The number of fused-ring (bicyclic) bond motifs is 1. The molecule has 0 aliphatic carbocycles. The van der Waals surface area contributed by atoms with Crippen LogP contribution in [0, 0.1) is 0 Å². The lowest BCUT2D eigenvalue weighted by molar-refractivity contribution is 0.101. The third kappa shape index (κ3) is 3.84. The highest BCUT2D eigenvalue weighted by atomic mass is 16.5. The Morgan fingerprint density at radius 1 is 1.03 bits per heavy atom. The van der Waals surface area contributed by atoms with Gasteiger partial charge >= 0.3 is 6.03 Å². The number of nitrogens with zero attached hydrogens (tertiary/aromatic N) is 3. The van der Waals surface area contributed by atoms with Gasteiger partial charge in [0.15, 0.2) is 5.69 Å². The van der Waals surface area contributed by atoms with Gasteiger partial charge in [-0.3, -0.25) is 9.48 Å². The number of anilines is 2. The quantitative estimate of drug-likeness (QED) is 0.697. The SMILES string of the molecule is COc1ccccc1NC(=O)N1CCc2c(c(C(=O)Nc3ccccc3)nn2C)C1. The third-order valence-electron chi connectivity index (χ3n) is 5.12. The van der Waals surface area contributed by atoms with E-state index in [0.29, 0.717) is 42.3 Å². The second kappa shape index (κ2) is 8.28. The van der Waals surface area contributed by atoms with E-state index in [1.54, 1.807) is 28.8 Å². The molecule has 3 aromatic rings. The number of para-hydroxylation sites is 3. The van der Waals surface area contributed by atoms with Gasteiger partial charge in [-0.1, -0.05) is 30.3 Å². The number of urea groups is 1. The Bertz CT molecular complexity index is 1080. The number of aryl methyl sites for hydroxylation is 1. The van der Waals surface area contributed by atoms with Crippen molar-refractivity contribution < 1.29 is 14.3 Å². The van der Waals surface area contributed by atoms with Gasteiger partial charge in [0.05, 0.1) is 19.3 Å². The van der Waals surface area contributed by atoms with Crippen LogP contribution in [0.3, 0.4) is 0 Å². The van der Waals surface area contributed by atoms with Crippen molar-refractivity contribution in [1.29, 1.82) is 0 Å². The van der Waals surface area contributed by atoms with Gasteiger partial charge in [0.2, 0.25) is 0 Å². The van der Waals surface area contributed by atoms with Crippen molar-refractivity contribution in [2.24, 2.45) is 7.05 Å². The Kier molecular flexibility index (Phi) is 5.38. The van der Waals surface area contributed by atoms with Gasteiger partial charge in [0.1, 0.15) is 5.75 Å². The lowest BCUT2D eigenvalue weighted by Crippen LogP contribution is -2.39. The average molecular weight is 405 g/mol. The number of carbonyl (C=O) groups is 2. The van der Waals surface area contributed by atoms with Gasteiger partial charge in [0, 0.05) is 37.0 Å². The van der Waals surface area contributed by atoms with Gasteiger partial charge in [-0.15, -0.1) is 0 Å². The van der Waals surface area contributed by atoms with E-state index in [9.17, 15) is 9.59 Å². The van der Waals surface area contributed by atoms with Crippen molar-refractivity contribution in [3.05, 3.63) is 71.5 Å². The predicted octanol–water partition coefficient (Wildman–Crippen LogP) is 3.27. The summed E-state index contributed by atoms with van der Waals surface area (Å²) in [6.45, 7) is 0.842. The summed E-state index contributed by atoms with van der Waals surface area (Å²) in [5, 5.41) is 10.2. The first kappa shape index (κ1) is 19.5. The molecule has 0 fully saturated rings. The van der Waals surface area contributed by atoms with E-state index in [1.807, 2.05) is 49.5 Å². The van der Waals surface area contributed by atoms with Crippen LogP contribution in [0.1, 0.15) is 21.7 Å². The van der Waals surface area contributed by atoms with Crippen LogP contribution in [0.5, 0.6) is 5.75 Å². The number of hydrogen-bond donors (Lipinski definition) is 2. The fourth-order valence-electron chi connectivity index (χ4n) is 3.60. The molecule has 0 atom stereocenters. The molecule has 0 unspecified atom stereocenters. The minimum absolute atomic E-state index is 0.247. The molecule has 30 heavy (non-hydrogen) atoms. The molecule has 154 valence electrons. The smallest absolute Gasteiger partial charge is 0.322 e. The van der Waals surface area contributed by atoms with Crippen LogP contribution in [0.15, 0.2) is 54.6 Å². The van der Waals surface area contributed by atoms with E-state index in [4.69, 9.17) is 4.74 Å². The summed E-state index contributed by atoms with van der Waals surface area (Å²) in [5.41, 5.74) is 3.38. The van der Waals surface area contributed by atoms with Crippen LogP contribution in [0.25, 0.3) is 0 Å². The molecule has 2 aromatic carbocycles. The van der Waals surface area contributed by atoms with Crippen molar-refractivity contribution in [2.45, 2.75) is 13.0 Å². The van der Waals surface area contributed by atoms with Crippen LogP contribution >= 0.6 is 0 Å². The zero-order valence-electron chi connectivity index (χ0n) is 16.9. The number of benzene rings is 2. The Labute approximate surface area is 174 Å². The van der Waals surface area contributed by atoms with Crippen molar-refractivity contribution >= 4 is 23.3 Å². The van der Waals surface area contributed by atoms with Gasteiger partial charge in [0.25, 0.3) is 5.91 Å². The number of ether oxygens (including phenoxy) is 1. The molecule has 8 heteroatoms. The first-order valence-corrected chi connectivity index (χ1v) is 9.67. The van der Waals surface area contributed by atoms with E-state index >= 15 is 0 Å². The Morgan fingerprint density at radius 2 is 1.77 bits per heavy atom. The molecular formula is C22H23N5O3. The number of carbonyl (C=O) groups excluding carboxylic acids is 2. The van der Waals surface area contributed by atoms with Gasteiger partial charge in [-0.05, 0) is 24.3 Å². The number of amides is 3. The van der Waals surface area contributed by atoms with Crippen LogP contribution in [-0.4, -0.2) is 40.3 Å². The fraction of sp³-hybridized carbons (Fsp3) is 0.227. The van der Waals surface area contributed by atoms with E-state index in [0.717, 1.165) is 11.3 Å². The topological polar surface area (TPSA) is 88.5 Å². The van der Waals surface area contributed by atoms with Gasteiger partial charge in [-0.25, -0.2) is 4.79 Å². The molecular weight excluding hydrogens is 382 g/mol. The minimum Gasteiger partial charge on any atom is -0.495 e. The third-order valence-corrected chi connectivity index (χ3v) is 5.12. The van der Waals surface area contributed by atoms with Crippen LogP contribution in [-0.2, 0) is 20.0 Å². The lowest BCUT2D eigenvalue weighted by Gasteiger charge is -2.28. The maximum absolute atomic E-state index is 12.9. The number of aromatic nitrogens is 2. The second-order valence-corrected chi connectivity index (χ2v) is 7.02. The predicted molar refractivity (Wildman–Crippen MR) is 114 cm³/mol. The molecule has 0 spiro atoms. The highest BCUT2D eigenvalue weighted by molar-refractivity contribution is 6.04. The molecule has 0 saturated carbocycles. The summed E-state index contributed by atoms with van der Waals surface area (Å²) in [4.78, 5) is 27.4. The molecule has 2 N–H and O–H groups in total. The zero-order chi connectivity index (χ0) is 21.1. The number of hydrogen-bond acceptors (Lipinski definition) is 4. The first-order valence-electron chi connectivity index (χ1n) is 9.67. The molecule has 4 rings (SSSR count). The standard InChI is InChI=1S/C22H23N5O3/c1-26-18-12-13-27(22(29)24-17-10-6-7-11-19(17)30-2)14-16(18)20(25-26)21(28)23-15-8-4-3-5-9-15/h3-11H,12-14H2,1-2H3,(H,23,28)(H,24,29). The molecule has 1 aromatic heterocycles. The molecule has 3 amide bonds. The molecule has 0 bridgehead atoms. The minimum atomic E-state index is -0.287. The molecule has 1 aliphatic rings. The fourth-order valence-corrected chi connectivity index (χ4v) is 3.60. The molecule has 1 aliphatic heterocycles. The van der Waals surface area contributed by atoms with E-state index in [1.165, 1.54) is 0 Å². The van der Waals surface area contributed by atoms with Crippen molar-refractivity contribution in [2.75, 3.05) is 24.3 Å². The molecule has 2 heterocycles. The first-order chi connectivity index (χ1) is 14.6. The van der Waals surface area contributed by atoms with Crippen LogP contribution in [0.2, 0.25) is 0 Å². The molecule has 0 radical (unpaired) electrons. The van der Waals surface area contributed by atoms with Crippen LogP contribution < -0.4 is 15.4 Å². The van der Waals surface area contributed by atoms with Gasteiger partial charge < -0.3 is 20.3 Å². The Balaban J connectivity index is 1.53. The summed E-state index contributed by atoms with van der Waals surface area (Å²) < 4.78 is 7.03. The van der Waals surface area contributed by atoms with Gasteiger partial charge in [-0.2, -0.15) is 5.10 Å². The number of methoxy groups -OCH3 is 1. The summed E-state index contributed by atoms with van der Waals surface area (Å²) in [6, 6.07) is 16.2. The summed E-state index contributed by atoms with van der Waals surface area (Å²) >= 11 is 0. The highest BCUT2D eigenvalue weighted by Gasteiger charge is 2.29. The average Bonchev–Trinajstić information content (AvgIpc) is 3.11. The Hall–Kier alpha value is -3.81. The van der Waals surface area contributed by atoms with Crippen molar-refractivity contribution in [3.8, 4) is 5.75 Å². The van der Waals surface area contributed by atoms with Crippen LogP contribution in [0.4, 0.5) is 16.2 Å². The van der Waals surface area contributed by atoms with E-state index in [2.05, 4.69) is 15.7 Å². The summed E-state index contributed by atoms with van der Waals surface area (Å²) in [5.74, 6) is 0.304. The van der Waals surface area contributed by atoms with E-state index < -0.39 is 0 Å². The zero-order valence-corrected chi connectivity index (χ0v) is 16.9. The second-order valence-electron chi connectivity index (χ2n) is 7.02. The Morgan fingerprint density at radius 3 is 2.53 bits per heavy atom.